The second-order valence-electron chi connectivity index (χ2n) is 3.62. The monoisotopic (exact) mass is 265 g/mol. The summed E-state index contributed by atoms with van der Waals surface area (Å²) in [7, 11) is 1.11. The van der Waals surface area contributed by atoms with E-state index in [1.165, 1.54) is 0 Å². The number of hydrogen-bond acceptors (Lipinski definition) is 3. The van der Waals surface area contributed by atoms with Crippen LogP contribution in [0.15, 0.2) is 18.2 Å². The highest BCUT2D eigenvalue weighted by Gasteiger charge is 2.31. The normalized spacial score (nSPS) is 13.2. The zero-order valence-corrected chi connectivity index (χ0v) is 9.42. The Kier molecular flexibility index (Phi) is 4.28. The lowest BCUT2D eigenvalue weighted by Gasteiger charge is -2.14. The van der Waals surface area contributed by atoms with Gasteiger partial charge in [0.1, 0.15) is 5.82 Å². The van der Waals surface area contributed by atoms with Crippen molar-refractivity contribution in [3.8, 4) is 0 Å². The number of esters is 1. The fourth-order valence-electron chi connectivity index (χ4n) is 1.38. The van der Waals surface area contributed by atoms with Crippen LogP contribution in [0.4, 0.5) is 17.6 Å². The van der Waals surface area contributed by atoms with Gasteiger partial charge in [-0.15, -0.1) is 0 Å². The number of carbonyl (C=O) groups excluding carboxylic acids is 1. The largest absolute Gasteiger partial charge is 0.469 e. The van der Waals surface area contributed by atoms with Crippen LogP contribution in [0.1, 0.15) is 23.6 Å². The third-order valence-corrected chi connectivity index (χ3v) is 2.34. The molecule has 0 aliphatic heterocycles. The highest BCUT2D eigenvalue weighted by Crippen LogP contribution is 2.32. The molecule has 0 heterocycles. The number of hydrogen-bond donors (Lipinski definition) is 1. The Morgan fingerprint density at radius 3 is 2.56 bits per heavy atom. The minimum atomic E-state index is -4.59. The van der Waals surface area contributed by atoms with E-state index in [2.05, 4.69) is 4.74 Å². The number of alkyl halides is 3. The summed E-state index contributed by atoms with van der Waals surface area (Å²) in [6.45, 7) is 0. The quantitative estimate of drug-likeness (QED) is 0.674. The van der Waals surface area contributed by atoms with Gasteiger partial charge in [-0.05, 0) is 18.2 Å². The Balaban J connectivity index is 3.04. The first-order valence-corrected chi connectivity index (χ1v) is 4.94. The Morgan fingerprint density at radius 2 is 2.06 bits per heavy atom. The van der Waals surface area contributed by atoms with Crippen LogP contribution in [0.2, 0.25) is 0 Å². The lowest BCUT2D eigenvalue weighted by atomic mass is 10.0. The molecule has 1 rings (SSSR count). The second kappa shape index (κ2) is 5.34. The van der Waals surface area contributed by atoms with Gasteiger partial charge in [0.15, 0.2) is 0 Å². The molecule has 0 unspecified atom stereocenters. The van der Waals surface area contributed by atoms with Crippen molar-refractivity contribution in [3.05, 3.63) is 35.1 Å². The van der Waals surface area contributed by atoms with E-state index in [0.29, 0.717) is 18.2 Å². The third kappa shape index (κ3) is 3.43. The zero-order valence-electron chi connectivity index (χ0n) is 9.42. The molecule has 0 radical (unpaired) electrons. The number of methoxy groups -OCH3 is 1. The fraction of sp³-hybridized carbons (Fsp3) is 0.364. The zero-order chi connectivity index (χ0) is 13.9. The summed E-state index contributed by atoms with van der Waals surface area (Å²) in [6.07, 6.45) is -4.98. The first-order chi connectivity index (χ1) is 8.25. The van der Waals surface area contributed by atoms with Crippen LogP contribution in [-0.4, -0.2) is 13.1 Å². The first kappa shape index (κ1) is 14.4. The summed E-state index contributed by atoms with van der Waals surface area (Å²) < 4.78 is 55.0. The molecule has 0 aliphatic carbocycles. The van der Waals surface area contributed by atoms with Crippen LogP contribution in [0.5, 0.6) is 0 Å². The molecule has 7 heteroatoms. The van der Waals surface area contributed by atoms with Crippen LogP contribution in [-0.2, 0) is 15.7 Å². The summed E-state index contributed by atoms with van der Waals surface area (Å²) in [5.74, 6) is -1.61. The number of benzene rings is 1. The van der Waals surface area contributed by atoms with Gasteiger partial charge in [-0.25, -0.2) is 4.39 Å². The maximum Gasteiger partial charge on any atom is 0.416 e. The number of carbonyl (C=O) groups is 1. The van der Waals surface area contributed by atoms with Gasteiger partial charge < -0.3 is 10.5 Å². The van der Waals surface area contributed by atoms with Crippen LogP contribution in [0.3, 0.4) is 0 Å². The predicted molar refractivity (Wildman–Crippen MR) is 55.0 cm³/mol. The Hall–Kier alpha value is -1.63. The van der Waals surface area contributed by atoms with Crippen molar-refractivity contribution in [1.29, 1.82) is 0 Å². The molecule has 3 nitrogen and oxygen atoms in total. The van der Waals surface area contributed by atoms with Gasteiger partial charge in [0.25, 0.3) is 0 Å². The van der Waals surface area contributed by atoms with Gasteiger partial charge in [-0.3, -0.25) is 4.79 Å². The molecular formula is C11H11F4NO2. The average molecular weight is 265 g/mol. The summed E-state index contributed by atoms with van der Waals surface area (Å²) in [6, 6.07) is 0.710. The van der Waals surface area contributed by atoms with Crippen LogP contribution >= 0.6 is 0 Å². The molecule has 0 amide bonds. The van der Waals surface area contributed by atoms with E-state index in [9.17, 15) is 22.4 Å². The van der Waals surface area contributed by atoms with E-state index < -0.39 is 36.0 Å². The number of ether oxygens (including phenoxy) is 1. The molecule has 18 heavy (non-hydrogen) atoms. The Labute approximate surface area is 101 Å². The van der Waals surface area contributed by atoms with E-state index >= 15 is 0 Å². The molecule has 100 valence electrons. The van der Waals surface area contributed by atoms with Gasteiger partial charge in [-0.1, -0.05) is 0 Å². The van der Waals surface area contributed by atoms with Gasteiger partial charge >= 0.3 is 12.1 Å². The van der Waals surface area contributed by atoms with E-state index in [1.54, 1.807) is 0 Å². The van der Waals surface area contributed by atoms with Crippen molar-refractivity contribution in [2.24, 2.45) is 5.73 Å². The van der Waals surface area contributed by atoms with E-state index in [0.717, 1.165) is 7.11 Å². The lowest BCUT2D eigenvalue weighted by Crippen LogP contribution is -2.18. The van der Waals surface area contributed by atoms with Gasteiger partial charge in [0, 0.05) is 11.6 Å². The molecule has 0 saturated heterocycles. The predicted octanol–water partition coefficient (Wildman–Crippen LogP) is 2.41. The molecular weight excluding hydrogens is 254 g/mol. The van der Waals surface area contributed by atoms with Crippen LogP contribution in [0.25, 0.3) is 0 Å². The molecule has 0 bridgehead atoms. The maximum atomic E-state index is 13.4. The summed E-state index contributed by atoms with van der Waals surface area (Å²) >= 11 is 0. The SMILES string of the molecule is COC(=O)C[C@@H](N)c1cc(C(F)(F)F)ccc1F. The molecule has 0 aromatic heterocycles. The molecule has 1 aromatic rings. The van der Waals surface area contributed by atoms with Gasteiger partial charge in [-0.2, -0.15) is 13.2 Å². The molecule has 1 atom stereocenters. The van der Waals surface area contributed by atoms with Crippen molar-refractivity contribution in [2.75, 3.05) is 7.11 Å². The number of rotatable bonds is 3. The Bertz CT molecular complexity index is 445. The molecule has 1 aromatic carbocycles. The van der Waals surface area contributed by atoms with E-state index in [-0.39, 0.29) is 5.56 Å². The highest BCUT2D eigenvalue weighted by molar-refractivity contribution is 5.70. The van der Waals surface area contributed by atoms with Crippen molar-refractivity contribution in [3.63, 3.8) is 0 Å². The van der Waals surface area contributed by atoms with Crippen LogP contribution < -0.4 is 5.73 Å². The summed E-state index contributed by atoms with van der Waals surface area (Å²) in [5.41, 5.74) is 4.10. The molecule has 0 aliphatic rings. The smallest absolute Gasteiger partial charge is 0.416 e. The molecule has 0 spiro atoms. The molecule has 0 saturated carbocycles. The first-order valence-electron chi connectivity index (χ1n) is 4.94. The molecule has 2 N–H and O–H groups in total. The number of halogens is 4. The summed E-state index contributed by atoms with van der Waals surface area (Å²) in [5, 5.41) is 0. The van der Waals surface area contributed by atoms with E-state index in [4.69, 9.17) is 5.73 Å². The standard InChI is InChI=1S/C11H11F4NO2/c1-18-10(17)5-9(16)7-4-6(11(13,14)15)2-3-8(7)12/h2-4,9H,5,16H2,1H3/t9-/m1/s1. The minimum absolute atomic E-state index is 0.366. The van der Waals surface area contributed by atoms with E-state index in [1.807, 2.05) is 0 Å². The van der Waals surface area contributed by atoms with Gasteiger partial charge in [0.05, 0.1) is 19.1 Å². The third-order valence-electron chi connectivity index (χ3n) is 2.34. The highest BCUT2D eigenvalue weighted by atomic mass is 19.4. The molecule has 0 fully saturated rings. The van der Waals surface area contributed by atoms with Gasteiger partial charge in [0.2, 0.25) is 0 Å². The van der Waals surface area contributed by atoms with Crippen molar-refractivity contribution in [1.82, 2.24) is 0 Å². The number of nitrogens with two attached hydrogens (primary N) is 1. The second-order valence-corrected chi connectivity index (χ2v) is 3.62. The fourth-order valence-corrected chi connectivity index (χ4v) is 1.38. The average Bonchev–Trinajstić information content (AvgIpc) is 2.27. The summed E-state index contributed by atoms with van der Waals surface area (Å²) in [4.78, 5) is 10.9. The van der Waals surface area contributed by atoms with Crippen molar-refractivity contribution < 1.29 is 27.1 Å². The topological polar surface area (TPSA) is 52.3 Å². The minimum Gasteiger partial charge on any atom is -0.469 e. The van der Waals surface area contributed by atoms with Crippen molar-refractivity contribution >= 4 is 5.97 Å². The van der Waals surface area contributed by atoms with Crippen LogP contribution in [0, 0.1) is 5.82 Å². The Morgan fingerprint density at radius 1 is 1.44 bits per heavy atom. The maximum absolute atomic E-state index is 13.4. The van der Waals surface area contributed by atoms with Crippen molar-refractivity contribution in [2.45, 2.75) is 18.6 Å². The lowest BCUT2D eigenvalue weighted by molar-refractivity contribution is -0.141.